The number of fused-ring (bicyclic) bond motifs is 1. The lowest BCUT2D eigenvalue weighted by atomic mass is 10.0. The zero-order chi connectivity index (χ0) is 13.4. The van der Waals surface area contributed by atoms with Crippen molar-refractivity contribution in [3.8, 4) is 16.9 Å². The first-order valence-electron chi connectivity index (χ1n) is 5.52. The smallest absolute Gasteiger partial charge is 0.336 e. The number of halogens is 1. The third-order valence-corrected chi connectivity index (χ3v) is 3.11. The molecule has 2 aromatic heterocycles. The predicted octanol–water partition coefficient (Wildman–Crippen LogP) is 3.21. The monoisotopic (exact) mass is 273 g/mol. The van der Waals surface area contributed by atoms with Gasteiger partial charge in [0.15, 0.2) is 0 Å². The van der Waals surface area contributed by atoms with E-state index in [1.54, 1.807) is 30.6 Å². The number of benzene rings is 1. The Balaban J connectivity index is 2.42. The second-order valence-corrected chi connectivity index (χ2v) is 4.42. The number of aromatic nitrogens is 1. The molecule has 0 fully saturated rings. The molecule has 1 N–H and O–H groups in total. The number of phenolic OH excluding ortho intramolecular Hbond substituents is 1. The molecule has 0 saturated heterocycles. The van der Waals surface area contributed by atoms with Gasteiger partial charge in [-0.05, 0) is 23.8 Å². The first kappa shape index (κ1) is 11.7. The van der Waals surface area contributed by atoms with Gasteiger partial charge in [-0.25, -0.2) is 4.79 Å². The fraction of sp³-hybridized carbons (Fsp3) is 0. The SMILES string of the molecule is O=c1cc(-c2ccncc2)c2cc(Cl)c(O)cc2o1. The fourth-order valence-corrected chi connectivity index (χ4v) is 2.10. The Bertz CT molecular complexity index is 812. The van der Waals surface area contributed by atoms with E-state index in [1.165, 1.54) is 12.1 Å². The summed E-state index contributed by atoms with van der Waals surface area (Å²) in [5.74, 6) is -0.121. The lowest BCUT2D eigenvalue weighted by molar-refractivity contribution is 0.473. The molecular formula is C14H8ClNO3. The maximum absolute atomic E-state index is 11.6. The van der Waals surface area contributed by atoms with Crippen molar-refractivity contribution in [3.05, 3.63) is 58.2 Å². The molecule has 2 heterocycles. The molecule has 0 atom stereocenters. The van der Waals surface area contributed by atoms with Gasteiger partial charge in [0.05, 0.1) is 5.02 Å². The van der Waals surface area contributed by atoms with Crippen LogP contribution in [0.2, 0.25) is 5.02 Å². The molecule has 5 heteroatoms. The molecule has 4 nitrogen and oxygen atoms in total. The number of nitrogens with zero attached hydrogens (tertiary/aromatic N) is 1. The number of aromatic hydroxyl groups is 1. The minimum atomic E-state index is -0.485. The third-order valence-electron chi connectivity index (χ3n) is 2.80. The van der Waals surface area contributed by atoms with Gasteiger partial charge in [0, 0.05) is 35.5 Å². The predicted molar refractivity (Wildman–Crippen MR) is 72.4 cm³/mol. The summed E-state index contributed by atoms with van der Waals surface area (Å²) in [6.45, 7) is 0. The van der Waals surface area contributed by atoms with Gasteiger partial charge in [0.1, 0.15) is 11.3 Å². The highest BCUT2D eigenvalue weighted by Gasteiger charge is 2.10. The quantitative estimate of drug-likeness (QED) is 0.692. The van der Waals surface area contributed by atoms with E-state index in [0.29, 0.717) is 16.5 Å². The highest BCUT2D eigenvalue weighted by Crippen LogP contribution is 2.33. The van der Waals surface area contributed by atoms with Crippen LogP contribution in [0.3, 0.4) is 0 Å². The summed E-state index contributed by atoms with van der Waals surface area (Å²) in [6, 6.07) is 7.88. The number of rotatable bonds is 1. The summed E-state index contributed by atoms with van der Waals surface area (Å²) < 4.78 is 5.07. The van der Waals surface area contributed by atoms with Crippen molar-refractivity contribution < 1.29 is 9.52 Å². The molecule has 0 aliphatic rings. The average molecular weight is 274 g/mol. The summed E-state index contributed by atoms with van der Waals surface area (Å²) >= 11 is 5.90. The van der Waals surface area contributed by atoms with Gasteiger partial charge in [-0.3, -0.25) is 4.98 Å². The van der Waals surface area contributed by atoms with Crippen LogP contribution >= 0.6 is 11.6 Å². The Hall–Kier alpha value is -2.33. The molecule has 94 valence electrons. The molecular weight excluding hydrogens is 266 g/mol. The van der Waals surface area contributed by atoms with Crippen molar-refractivity contribution in [2.75, 3.05) is 0 Å². The Morgan fingerprint density at radius 2 is 1.89 bits per heavy atom. The van der Waals surface area contributed by atoms with Gasteiger partial charge in [0.25, 0.3) is 0 Å². The first-order chi connectivity index (χ1) is 9.15. The van der Waals surface area contributed by atoms with Crippen molar-refractivity contribution in [3.63, 3.8) is 0 Å². The number of hydrogen-bond donors (Lipinski definition) is 1. The maximum atomic E-state index is 11.6. The molecule has 0 amide bonds. The van der Waals surface area contributed by atoms with E-state index in [4.69, 9.17) is 16.0 Å². The summed E-state index contributed by atoms with van der Waals surface area (Å²) in [7, 11) is 0. The molecule has 0 saturated carbocycles. The van der Waals surface area contributed by atoms with Crippen LogP contribution in [0.5, 0.6) is 5.75 Å². The van der Waals surface area contributed by atoms with Crippen molar-refractivity contribution >= 4 is 22.6 Å². The molecule has 0 spiro atoms. The van der Waals surface area contributed by atoms with Gasteiger partial charge in [-0.2, -0.15) is 0 Å². The summed E-state index contributed by atoms with van der Waals surface area (Å²) in [6.07, 6.45) is 3.27. The van der Waals surface area contributed by atoms with Gasteiger partial charge in [-0.1, -0.05) is 11.6 Å². The van der Waals surface area contributed by atoms with Crippen molar-refractivity contribution in [1.82, 2.24) is 4.98 Å². The van der Waals surface area contributed by atoms with E-state index < -0.39 is 5.63 Å². The molecule has 0 unspecified atom stereocenters. The zero-order valence-corrected chi connectivity index (χ0v) is 10.4. The number of hydrogen-bond acceptors (Lipinski definition) is 4. The molecule has 0 bridgehead atoms. The molecule has 0 aliphatic carbocycles. The highest BCUT2D eigenvalue weighted by molar-refractivity contribution is 6.33. The highest BCUT2D eigenvalue weighted by atomic mass is 35.5. The summed E-state index contributed by atoms with van der Waals surface area (Å²) in [5, 5.41) is 10.4. The van der Waals surface area contributed by atoms with Gasteiger partial charge < -0.3 is 9.52 Å². The van der Waals surface area contributed by atoms with E-state index in [0.717, 1.165) is 5.56 Å². The third kappa shape index (κ3) is 2.06. The summed E-state index contributed by atoms with van der Waals surface area (Å²) in [5.41, 5.74) is 1.33. The van der Waals surface area contributed by atoms with Crippen LogP contribution in [-0.4, -0.2) is 10.1 Å². The lowest BCUT2D eigenvalue weighted by Gasteiger charge is -2.06. The largest absolute Gasteiger partial charge is 0.506 e. The number of pyridine rings is 1. The van der Waals surface area contributed by atoms with Crippen LogP contribution < -0.4 is 5.63 Å². The second kappa shape index (κ2) is 4.40. The molecule has 0 radical (unpaired) electrons. The molecule has 1 aromatic carbocycles. The second-order valence-electron chi connectivity index (χ2n) is 4.01. The molecule has 19 heavy (non-hydrogen) atoms. The normalized spacial score (nSPS) is 10.8. The average Bonchev–Trinajstić information content (AvgIpc) is 2.41. The Morgan fingerprint density at radius 1 is 1.16 bits per heavy atom. The van der Waals surface area contributed by atoms with Crippen molar-refractivity contribution in [2.24, 2.45) is 0 Å². The van der Waals surface area contributed by atoms with E-state index in [-0.39, 0.29) is 10.8 Å². The van der Waals surface area contributed by atoms with Crippen molar-refractivity contribution in [2.45, 2.75) is 0 Å². The topological polar surface area (TPSA) is 63.3 Å². The van der Waals surface area contributed by atoms with Crippen LogP contribution in [0, 0.1) is 0 Å². The molecule has 3 rings (SSSR count). The maximum Gasteiger partial charge on any atom is 0.336 e. The Labute approximate surface area is 112 Å². The minimum Gasteiger partial charge on any atom is -0.506 e. The first-order valence-corrected chi connectivity index (χ1v) is 5.90. The number of phenols is 1. The van der Waals surface area contributed by atoms with Gasteiger partial charge in [-0.15, -0.1) is 0 Å². The molecule has 0 aliphatic heterocycles. The minimum absolute atomic E-state index is 0.121. The Kier molecular flexibility index (Phi) is 2.72. The van der Waals surface area contributed by atoms with Gasteiger partial charge >= 0.3 is 5.63 Å². The zero-order valence-electron chi connectivity index (χ0n) is 9.63. The van der Waals surface area contributed by atoms with E-state index in [2.05, 4.69) is 4.98 Å². The Morgan fingerprint density at radius 3 is 2.63 bits per heavy atom. The van der Waals surface area contributed by atoms with Crippen molar-refractivity contribution in [1.29, 1.82) is 0 Å². The standard InChI is InChI=1S/C14H8ClNO3/c15-11-5-10-9(8-1-3-16-4-2-8)6-14(18)19-13(10)7-12(11)17/h1-7,17H. The fourth-order valence-electron chi connectivity index (χ4n) is 1.94. The molecule has 3 aromatic rings. The van der Waals surface area contributed by atoms with Crippen LogP contribution in [0.15, 0.2) is 51.9 Å². The summed E-state index contributed by atoms with van der Waals surface area (Å²) in [4.78, 5) is 15.5. The van der Waals surface area contributed by atoms with E-state index in [9.17, 15) is 9.90 Å². The van der Waals surface area contributed by atoms with Crippen LogP contribution in [0.25, 0.3) is 22.1 Å². The van der Waals surface area contributed by atoms with Crippen LogP contribution in [0.1, 0.15) is 0 Å². The lowest BCUT2D eigenvalue weighted by Crippen LogP contribution is -1.98. The van der Waals surface area contributed by atoms with E-state index >= 15 is 0 Å². The van der Waals surface area contributed by atoms with Crippen LogP contribution in [0.4, 0.5) is 0 Å². The van der Waals surface area contributed by atoms with Crippen LogP contribution in [-0.2, 0) is 0 Å². The van der Waals surface area contributed by atoms with E-state index in [1.807, 2.05) is 0 Å². The van der Waals surface area contributed by atoms with Gasteiger partial charge in [0.2, 0.25) is 0 Å².